The molecule has 0 saturated heterocycles. The van der Waals surface area contributed by atoms with E-state index in [1.54, 1.807) is 18.2 Å². The van der Waals surface area contributed by atoms with Gasteiger partial charge in [0.05, 0.1) is 10.6 Å². The molecular weight excluding hydrogens is 472 g/mol. The standard InChI is InChI=1S/C20H24N4O7S2/c1-22-20(26)18-11-14-5-6-16(23-33(29,30)31)10-15(14)12-24(18)19(25)9-4-13-2-7-17(8-3-13)32(21,27)28/h2-3,5-8,10,18,23H,4,9,11-12H2,1H3,(H,22,26)(H2,21,27,28)(H,29,30,31)/t18-/m0/s1. The summed E-state index contributed by atoms with van der Waals surface area (Å²) in [5.74, 6) is -0.621. The number of rotatable bonds is 7. The molecule has 0 spiro atoms. The SMILES string of the molecule is CNC(=O)[C@@H]1Cc2ccc(NS(=O)(=O)O)cc2CN1C(=O)CCc1ccc(S(N)(=O)=O)cc1. The summed E-state index contributed by atoms with van der Waals surface area (Å²) in [7, 11) is -6.78. The van der Waals surface area contributed by atoms with Gasteiger partial charge < -0.3 is 10.2 Å². The quantitative estimate of drug-likeness (QED) is 0.395. The van der Waals surface area contributed by atoms with Crippen molar-refractivity contribution in [3.63, 3.8) is 0 Å². The van der Waals surface area contributed by atoms with Crippen LogP contribution < -0.4 is 15.2 Å². The fourth-order valence-electron chi connectivity index (χ4n) is 3.70. The molecule has 0 fully saturated rings. The first-order chi connectivity index (χ1) is 15.4. The van der Waals surface area contributed by atoms with Crippen LogP contribution in [0.1, 0.15) is 23.1 Å². The lowest BCUT2D eigenvalue weighted by Gasteiger charge is -2.36. The summed E-state index contributed by atoms with van der Waals surface area (Å²) in [5.41, 5.74) is 2.29. The zero-order chi connectivity index (χ0) is 24.4. The van der Waals surface area contributed by atoms with E-state index in [1.165, 1.54) is 36.2 Å². The number of carbonyl (C=O) groups excluding carboxylic acids is 2. The molecule has 178 valence electrons. The third-order valence-corrected chi connectivity index (χ3v) is 6.75. The van der Waals surface area contributed by atoms with Gasteiger partial charge in [0, 0.05) is 26.4 Å². The van der Waals surface area contributed by atoms with E-state index >= 15 is 0 Å². The van der Waals surface area contributed by atoms with E-state index in [4.69, 9.17) is 9.69 Å². The maximum Gasteiger partial charge on any atom is 0.357 e. The molecular formula is C20H24N4O7S2. The van der Waals surface area contributed by atoms with E-state index in [0.717, 1.165) is 11.1 Å². The number of nitrogens with zero attached hydrogens (tertiary/aromatic N) is 1. The van der Waals surface area contributed by atoms with Crippen molar-refractivity contribution < 1.29 is 31.0 Å². The van der Waals surface area contributed by atoms with E-state index in [-0.39, 0.29) is 41.8 Å². The van der Waals surface area contributed by atoms with Crippen LogP contribution in [0.15, 0.2) is 47.4 Å². The first-order valence-electron chi connectivity index (χ1n) is 9.87. The number of nitrogens with one attached hydrogen (secondary N) is 2. The molecule has 0 bridgehead atoms. The van der Waals surface area contributed by atoms with Gasteiger partial charge >= 0.3 is 10.3 Å². The third-order valence-electron chi connectivity index (χ3n) is 5.33. The first kappa shape index (κ1) is 24.6. The largest absolute Gasteiger partial charge is 0.357 e. The lowest BCUT2D eigenvalue weighted by molar-refractivity contribution is -0.141. The number of anilines is 1. The van der Waals surface area contributed by atoms with Crippen LogP contribution in [-0.4, -0.2) is 51.2 Å². The van der Waals surface area contributed by atoms with Gasteiger partial charge in [0.15, 0.2) is 0 Å². The Morgan fingerprint density at radius 2 is 1.76 bits per heavy atom. The molecule has 1 aliphatic rings. The Balaban J connectivity index is 1.78. The number of aryl methyl sites for hydroxylation is 1. The van der Waals surface area contributed by atoms with Crippen molar-refractivity contribution in [1.82, 2.24) is 10.2 Å². The van der Waals surface area contributed by atoms with Gasteiger partial charge in [-0.2, -0.15) is 8.42 Å². The highest BCUT2D eigenvalue weighted by Crippen LogP contribution is 2.27. The highest BCUT2D eigenvalue weighted by Gasteiger charge is 2.34. The number of likely N-dealkylation sites (N-methyl/N-ethyl adjacent to an activating group) is 1. The van der Waals surface area contributed by atoms with E-state index in [1.807, 2.05) is 4.72 Å². The predicted molar refractivity (Wildman–Crippen MR) is 120 cm³/mol. The molecule has 1 heterocycles. The maximum atomic E-state index is 13.0. The molecule has 1 aliphatic heterocycles. The second kappa shape index (κ2) is 9.47. The molecule has 0 radical (unpaired) electrons. The van der Waals surface area contributed by atoms with Gasteiger partial charge in [0.1, 0.15) is 6.04 Å². The highest BCUT2D eigenvalue weighted by atomic mass is 32.2. The van der Waals surface area contributed by atoms with Gasteiger partial charge in [-0.1, -0.05) is 18.2 Å². The number of nitrogens with two attached hydrogens (primary N) is 1. The van der Waals surface area contributed by atoms with Crippen LogP contribution in [0.25, 0.3) is 0 Å². The van der Waals surface area contributed by atoms with Crippen LogP contribution in [0.3, 0.4) is 0 Å². The summed E-state index contributed by atoms with van der Waals surface area (Å²) in [5, 5.41) is 7.65. The normalized spacial score (nSPS) is 16.1. The van der Waals surface area contributed by atoms with Crippen molar-refractivity contribution in [2.45, 2.75) is 36.7 Å². The van der Waals surface area contributed by atoms with Crippen LogP contribution in [0.4, 0.5) is 5.69 Å². The van der Waals surface area contributed by atoms with Crippen LogP contribution >= 0.6 is 0 Å². The van der Waals surface area contributed by atoms with Crippen molar-refractivity contribution in [1.29, 1.82) is 0 Å². The van der Waals surface area contributed by atoms with Gasteiger partial charge in [-0.15, -0.1) is 0 Å². The van der Waals surface area contributed by atoms with Crippen molar-refractivity contribution in [2.75, 3.05) is 11.8 Å². The number of fused-ring (bicyclic) bond motifs is 1. The molecule has 3 rings (SSSR count). The molecule has 33 heavy (non-hydrogen) atoms. The molecule has 5 N–H and O–H groups in total. The molecule has 0 unspecified atom stereocenters. The number of hydrogen-bond acceptors (Lipinski definition) is 6. The molecule has 1 atom stereocenters. The lowest BCUT2D eigenvalue weighted by atomic mass is 9.92. The second-order valence-electron chi connectivity index (χ2n) is 7.61. The number of sulfonamides is 1. The lowest BCUT2D eigenvalue weighted by Crippen LogP contribution is -2.52. The fourth-order valence-corrected chi connectivity index (χ4v) is 4.64. The summed E-state index contributed by atoms with van der Waals surface area (Å²) < 4.78 is 55.9. The van der Waals surface area contributed by atoms with E-state index in [0.29, 0.717) is 12.0 Å². The summed E-state index contributed by atoms with van der Waals surface area (Å²) >= 11 is 0. The smallest absolute Gasteiger partial charge is 0.357 e. The van der Waals surface area contributed by atoms with Crippen molar-refractivity contribution in [3.05, 3.63) is 59.2 Å². The zero-order valence-electron chi connectivity index (χ0n) is 17.7. The molecule has 2 amide bonds. The van der Waals surface area contributed by atoms with Gasteiger partial charge in [0.25, 0.3) is 0 Å². The van der Waals surface area contributed by atoms with Crippen molar-refractivity contribution in [3.8, 4) is 0 Å². The Morgan fingerprint density at radius 3 is 2.33 bits per heavy atom. The van der Waals surface area contributed by atoms with Crippen molar-refractivity contribution >= 4 is 37.8 Å². The average molecular weight is 497 g/mol. The summed E-state index contributed by atoms with van der Waals surface area (Å²) in [6, 6.07) is 9.76. The van der Waals surface area contributed by atoms with Gasteiger partial charge in [-0.3, -0.25) is 18.9 Å². The van der Waals surface area contributed by atoms with Crippen LogP contribution in [0.5, 0.6) is 0 Å². The molecule has 11 nitrogen and oxygen atoms in total. The minimum atomic E-state index is -4.45. The fraction of sp³-hybridized carbons (Fsp3) is 0.300. The van der Waals surface area contributed by atoms with Crippen molar-refractivity contribution in [2.24, 2.45) is 5.14 Å². The first-order valence-corrected chi connectivity index (χ1v) is 12.9. The molecule has 2 aromatic carbocycles. The van der Waals surface area contributed by atoms with Crippen LogP contribution in [0, 0.1) is 0 Å². The van der Waals surface area contributed by atoms with E-state index < -0.39 is 26.4 Å². The van der Waals surface area contributed by atoms with E-state index in [2.05, 4.69) is 5.32 Å². The third kappa shape index (κ3) is 6.28. The van der Waals surface area contributed by atoms with Gasteiger partial charge in [-0.25, -0.2) is 13.6 Å². The Labute approximate surface area is 191 Å². The van der Waals surface area contributed by atoms with Gasteiger partial charge in [-0.05, 0) is 47.4 Å². The molecule has 13 heteroatoms. The van der Waals surface area contributed by atoms with Crippen LogP contribution in [0.2, 0.25) is 0 Å². The topological polar surface area (TPSA) is 176 Å². The Kier molecular flexibility index (Phi) is 7.07. The minimum absolute atomic E-state index is 0.0285. The predicted octanol–water partition coefficient (Wildman–Crippen LogP) is 0.181. The Bertz CT molecular complexity index is 1280. The molecule has 0 saturated carbocycles. The molecule has 0 aliphatic carbocycles. The number of hydrogen-bond donors (Lipinski definition) is 4. The number of primary sulfonamides is 1. The summed E-state index contributed by atoms with van der Waals surface area (Å²) in [6.45, 7) is 0.0810. The second-order valence-corrected chi connectivity index (χ2v) is 10.3. The van der Waals surface area contributed by atoms with E-state index in [9.17, 15) is 26.4 Å². The van der Waals surface area contributed by atoms with Crippen LogP contribution in [-0.2, 0) is 49.3 Å². The highest BCUT2D eigenvalue weighted by molar-refractivity contribution is 7.89. The van der Waals surface area contributed by atoms with Gasteiger partial charge in [0.2, 0.25) is 21.8 Å². The number of carbonyl (C=O) groups is 2. The summed E-state index contributed by atoms with van der Waals surface area (Å²) in [4.78, 5) is 26.9. The minimum Gasteiger partial charge on any atom is -0.357 e. The number of benzene rings is 2. The average Bonchev–Trinajstić information content (AvgIpc) is 2.74. The summed E-state index contributed by atoms with van der Waals surface area (Å²) in [6.07, 6.45) is 0.633. The Hall–Kier alpha value is -3.00. The molecule has 0 aromatic heterocycles. The monoisotopic (exact) mass is 496 g/mol. The number of amides is 2. The Morgan fingerprint density at radius 1 is 1.09 bits per heavy atom. The maximum absolute atomic E-state index is 13.0. The molecule has 2 aromatic rings. The zero-order valence-corrected chi connectivity index (χ0v) is 19.3.